The van der Waals surface area contributed by atoms with Crippen LogP contribution in [0.1, 0.15) is 64.4 Å². The minimum Gasteiger partial charge on any atom is -0.494 e. The SMILES string of the molecule is CC(CCC=O)N(C)Cc1c(C=O)cccc1NC(=O)CCOCCOCCOCCOCCNCc1ccc(N=C(c2ccccc2)c2c(O)[nH]c3cc(C(Cl)=CC=O)ccc23)cc1. The number of nitrogens with one attached hydrogen (secondary N) is 3. The third-order valence-electron chi connectivity index (χ3n) is 10.5. The smallest absolute Gasteiger partial charge is 0.226 e. The second-order valence-corrected chi connectivity index (χ2v) is 15.6. The molecule has 14 nitrogen and oxygen atoms in total. The number of halogens is 1. The molecule has 0 spiro atoms. The molecule has 1 atom stereocenters. The highest BCUT2D eigenvalue weighted by Gasteiger charge is 2.20. The highest BCUT2D eigenvalue weighted by molar-refractivity contribution is 6.49. The van der Waals surface area contributed by atoms with Gasteiger partial charge in [0.2, 0.25) is 5.91 Å². The number of amides is 1. The molecule has 344 valence electrons. The molecule has 65 heavy (non-hydrogen) atoms. The molecule has 5 rings (SSSR count). The first-order valence-corrected chi connectivity index (χ1v) is 22.0. The minimum atomic E-state index is -0.217. The van der Waals surface area contributed by atoms with Gasteiger partial charge in [-0.25, -0.2) is 4.99 Å². The molecule has 0 fully saturated rings. The van der Waals surface area contributed by atoms with Crippen LogP contribution in [-0.2, 0) is 46.4 Å². The third kappa shape index (κ3) is 16.0. The Kier molecular flexibility index (Phi) is 21.2. The summed E-state index contributed by atoms with van der Waals surface area (Å²) in [5.41, 5.74) is 6.95. The topological polar surface area (TPSA) is 181 Å². The van der Waals surface area contributed by atoms with Crippen LogP contribution >= 0.6 is 11.6 Å². The maximum Gasteiger partial charge on any atom is 0.226 e. The Morgan fingerprint density at radius 1 is 0.846 bits per heavy atom. The Bertz CT molecular complexity index is 2350. The number of allylic oxidation sites excluding steroid dienone is 1. The predicted octanol–water partition coefficient (Wildman–Crippen LogP) is 7.62. The van der Waals surface area contributed by atoms with Crippen molar-refractivity contribution in [3.8, 4) is 5.88 Å². The number of aromatic amines is 1. The summed E-state index contributed by atoms with van der Waals surface area (Å²) in [5.74, 6) is -0.240. The van der Waals surface area contributed by atoms with Crippen molar-refractivity contribution in [2.24, 2.45) is 4.99 Å². The normalized spacial score (nSPS) is 12.4. The van der Waals surface area contributed by atoms with Crippen molar-refractivity contribution in [3.05, 3.63) is 130 Å². The van der Waals surface area contributed by atoms with Gasteiger partial charge in [-0.05, 0) is 61.9 Å². The van der Waals surface area contributed by atoms with Crippen molar-refractivity contribution < 1.29 is 43.2 Å². The quantitative estimate of drug-likeness (QED) is 0.0154. The molecule has 4 aromatic carbocycles. The van der Waals surface area contributed by atoms with Crippen LogP contribution in [0.25, 0.3) is 15.9 Å². The highest BCUT2D eigenvalue weighted by Crippen LogP contribution is 2.34. The molecule has 0 saturated carbocycles. The first kappa shape index (κ1) is 50.2. The van der Waals surface area contributed by atoms with E-state index < -0.39 is 0 Å². The molecule has 0 bridgehead atoms. The number of carbonyl (C=O) groups excluding carboxylic acids is 4. The van der Waals surface area contributed by atoms with E-state index in [1.54, 1.807) is 30.3 Å². The molecule has 1 unspecified atom stereocenters. The number of aromatic hydroxyl groups is 1. The van der Waals surface area contributed by atoms with E-state index in [0.717, 1.165) is 40.3 Å². The number of aromatic nitrogens is 1. The number of hydrogen-bond acceptors (Lipinski definition) is 12. The molecule has 0 aliphatic heterocycles. The lowest BCUT2D eigenvalue weighted by molar-refractivity contribution is -0.117. The van der Waals surface area contributed by atoms with Gasteiger partial charge in [0.15, 0.2) is 5.88 Å². The number of carbonyl (C=O) groups is 4. The Morgan fingerprint density at radius 2 is 1.54 bits per heavy atom. The average Bonchev–Trinajstić information content (AvgIpc) is 3.65. The molecular formula is C50H58ClN5O9. The largest absolute Gasteiger partial charge is 0.494 e. The molecular weight excluding hydrogens is 850 g/mol. The van der Waals surface area contributed by atoms with Gasteiger partial charge in [-0.1, -0.05) is 78.3 Å². The fraction of sp³-hybridized carbons (Fsp3) is 0.340. The first-order chi connectivity index (χ1) is 31.7. The number of aldehydes is 3. The van der Waals surface area contributed by atoms with Crippen LogP contribution in [0.15, 0.2) is 102 Å². The molecule has 0 saturated heterocycles. The van der Waals surface area contributed by atoms with E-state index >= 15 is 0 Å². The van der Waals surface area contributed by atoms with Crippen LogP contribution in [0, 0.1) is 0 Å². The zero-order chi connectivity index (χ0) is 46.2. The van der Waals surface area contributed by atoms with Gasteiger partial charge >= 0.3 is 0 Å². The van der Waals surface area contributed by atoms with E-state index in [1.807, 2.05) is 74.6 Å². The second kappa shape index (κ2) is 27.5. The van der Waals surface area contributed by atoms with Crippen molar-refractivity contribution >= 4 is 69.4 Å². The number of anilines is 1. The monoisotopic (exact) mass is 907 g/mol. The van der Waals surface area contributed by atoms with Crippen molar-refractivity contribution in [2.45, 2.75) is 45.3 Å². The Hall–Kier alpha value is -5.84. The van der Waals surface area contributed by atoms with E-state index in [9.17, 15) is 24.3 Å². The van der Waals surface area contributed by atoms with Crippen LogP contribution in [0.5, 0.6) is 5.88 Å². The number of nitrogens with zero attached hydrogens (tertiary/aromatic N) is 2. The van der Waals surface area contributed by atoms with Crippen molar-refractivity contribution in [1.82, 2.24) is 15.2 Å². The van der Waals surface area contributed by atoms with Crippen LogP contribution in [0.4, 0.5) is 11.4 Å². The number of hydrogen-bond donors (Lipinski definition) is 4. The Morgan fingerprint density at radius 3 is 2.22 bits per heavy atom. The number of ether oxygens (including phenoxy) is 4. The molecule has 1 heterocycles. The molecule has 4 N–H and O–H groups in total. The summed E-state index contributed by atoms with van der Waals surface area (Å²) in [7, 11) is 1.93. The van der Waals surface area contributed by atoms with Gasteiger partial charge in [0.1, 0.15) is 18.9 Å². The van der Waals surface area contributed by atoms with Crippen LogP contribution in [0.2, 0.25) is 0 Å². The summed E-state index contributed by atoms with van der Waals surface area (Å²) in [6.45, 7) is 6.98. The summed E-state index contributed by atoms with van der Waals surface area (Å²) >= 11 is 6.26. The van der Waals surface area contributed by atoms with Gasteiger partial charge in [0.05, 0.1) is 81.3 Å². The van der Waals surface area contributed by atoms with Crippen molar-refractivity contribution in [1.29, 1.82) is 0 Å². The molecule has 0 radical (unpaired) electrons. The summed E-state index contributed by atoms with van der Waals surface area (Å²) in [6, 6.07) is 28.4. The molecule has 15 heteroatoms. The summed E-state index contributed by atoms with van der Waals surface area (Å²) in [4.78, 5) is 56.2. The molecule has 5 aromatic rings. The second-order valence-electron chi connectivity index (χ2n) is 15.2. The predicted molar refractivity (Wildman–Crippen MR) is 254 cm³/mol. The van der Waals surface area contributed by atoms with E-state index in [0.29, 0.717) is 124 Å². The van der Waals surface area contributed by atoms with E-state index in [2.05, 4.69) is 20.5 Å². The molecule has 0 aliphatic rings. The van der Waals surface area contributed by atoms with Crippen LogP contribution in [-0.4, -0.2) is 118 Å². The summed E-state index contributed by atoms with van der Waals surface area (Å²) < 4.78 is 22.4. The van der Waals surface area contributed by atoms with E-state index in [1.165, 1.54) is 6.08 Å². The standard InChI is InChI=1S/C50H58ClN5O9/c1-36(8-7-22-57)56(2)34-43-40(35-59)11-6-12-45(43)54-47(60)20-24-62-26-28-64-30-31-65-29-27-63-25-21-52-33-37-13-16-41(17-14-37)53-49(38-9-4-3-5-10-38)48-42-18-15-39(44(51)19-23-58)32-46(42)55-50(48)61/h3-6,9-19,22-23,32,35-36,52,55,61H,7-8,20-21,24-31,33-34H2,1-2H3,(H,54,60). The molecule has 0 aliphatic carbocycles. The van der Waals surface area contributed by atoms with Crippen molar-refractivity contribution in [2.75, 3.05) is 71.8 Å². The fourth-order valence-electron chi connectivity index (χ4n) is 6.87. The molecule has 1 aromatic heterocycles. The number of aliphatic imine (C=N–C) groups is 1. The highest BCUT2D eigenvalue weighted by atomic mass is 35.5. The average molecular weight is 908 g/mol. The minimum absolute atomic E-state index is 0.0228. The van der Waals surface area contributed by atoms with E-state index in [4.69, 9.17) is 35.5 Å². The summed E-state index contributed by atoms with van der Waals surface area (Å²) in [6.07, 6.45) is 4.93. The van der Waals surface area contributed by atoms with Crippen molar-refractivity contribution in [3.63, 3.8) is 0 Å². The van der Waals surface area contributed by atoms with Gasteiger partial charge < -0.3 is 44.5 Å². The maximum absolute atomic E-state index is 12.7. The lowest BCUT2D eigenvalue weighted by atomic mass is 10.00. The lowest BCUT2D eigenvalue weighted by Crippen LogP contribution is -2.29. The van der Waals surface area contributed by atoms with Gasteiger partial charge in [-0.15, -0.1) is 0 Å². The summed E-state index contributed by atoms with van der Waals surface area (Å²) in [5, 5.41) is 18.4. The molecule has 1 amide bonds. The Balaban J connectivity index is 0.925. The lowest BCUT2D eigenvalue weighted by Gasteiger charge is -2.26. The van der Waals surface area contributed by atoms with Gasteiger partial charge in [-0.3, -0.25) is 19.3 Å². The fourth-order valence-corrected chi connectivity index (χ4v) is 7.03. The number of benzene rings is 4. The van der Waals surface area contributed by atoms with Gasteiger partial charge in [-0.2, -0.15) is 0 Å². The zero-order valence-electron chi connectivity index (χ0n) is 36.9. The van der Waals surface area contributed by atoms with Gasteiger partial charge in [0.25, 0.3) is 0 Å². The number of H-pyrrole nitrogens is 1. The van der Waals surface area contributed by atoms with Crippen LogP contribution < -0.4 is 10.6 Å². The number of rotatable bonds is 30. The van der Waals surface area contributed by atoms with E-state index in [-0.39, 0.29) is 30.9 Å². The third-order valence-corrected chi connectivity index (χ3v) is 10.9. The zero-order valence-corrected chi connectivity index (χ0v) is 37.7. The Labute approximate surface area is 385 Å². The maximum atomic E-state index is 12.7. The number of fused-ring (bicyclic) bond motifs is 1. The first-order valence-electron chi connectivity index (χ1n) is 21.6. The van der Waals surface area contributed by atoms with Crippen LogP contribution in [0.3, 0.4) is 0 Å². The van der Waals surface area contributed by atoms with Gasteiger partial charge in [0, 0.05) is 65.4 Å².